The average Bonchev–Trinajstić information content (AvgIpc) is 2.84. The second-order valence-electron chi connectivity index (χ2n) is 8.98. The fourth-order valence-corrected chi connectivity index (χ4v) is 2.84. The minimum absolute atomic E-state index is 0.257. The molecule has 0 aliphatic rings. The van der Waals surface area contributed by atoms with Crippen LogP contribution in [0.1, 0.15) is 51.7 Å². The zero-order valence-corrected chi connectivity index (χ0v) is 21.6. The molecule has 0 radical (unpaired) electrons. The highest BCUT2D eigenvalue weighted by atomic mass is 16.6. The van der Waals surface area contributed by atoms with E-state index in [4.69, 9.17) is 10.00 Å². The summed E-state index contributed by atoms with van der Waals surface area (Å²) in [5.41, 5.74) is 1.37. The van der Waals surface area contributed by atoms with E-state index >= 15 is 0 Å². The van der Waals surface area contributed by atoms with E-state index in [0.29, 0.717) is 42.3 Å². The Labute approximate surface area is 212 Å². The molecule has 2 aromatic rings. The van der Waals surface area contributed by atoms with Crippen molar-refractivity contribution in [1.29, 1.82) is 5.26 Å². The normalized spacial score (nSPS) is 11.2. The topological polar surface area (TPSA) is 132 Å². The van der Waals surface area contributed by atoms with Gasteiger partial charge in [0.2, 0.25) is 11.9 Å². The second-order valence-corrected chi connectivity index (χ2v) is 8.98. The molecule has 0 bridgehead atoms. The van der Waals surface area contributed by atoms with Crippen LogP contribution in [-0.2, 0) is 9.53 Å². The molecule has 1 atom stereocenters. The van der Waals surface area contributed by atoms with E-state index in [1.807, 2.05) is 0 Å². The Hall–Kier alpha value is -4.31. The van der Waals surface area contributed by atoms with Crippen LogP contribution in [0.2, 0.25) is 0 Å². The fraction of sp³-hybridized carbons (Fsp3) is 0.423. The lowest BCUT2D eigenvalue weighted by Crippen LogP contribution is -2.47. The van der Waals surface area contributed by atoms with Crippen molar-refractivity contribution in [3.8, 4) is 17.9 Å². The van der Waals surface area contributed by atoms with Crippen LogP contribution in [0.15, 0.2) is 30.5 Å². The van der Waals surface area contributed by atoms with Gasteiger partial charge in [0.05, 0.1) is 23.4 Å². The summed E-state index contributed by atoms with van der Waals surface area (Å²) in [5.74, 6) is 6.86. The molecule has 0 unspecified atom stereocenters. The monoisotopic (exact) mass is 491 g/mol. The maximum absolute atomic E-state index is 12.3. The highest BCUT2D eigenvalue weighted by Gasteiger charge is 2.26. The molecule has 0 saturated carbocycles. The van der Waals surface area contributed by atoms with Crippen molar-refractivity contribution in [1.82, 2.24) is 20.2 Å². The molecular weight excluding hydrogens is 458 g/mol. The SMILES string of the molecule is CNc1nc(Nc2ccc(C#N)cc2)ncc1C#CCCCNC(=O)[C@H](C)N(C)C(=O)OC(C)(C)C. The molecule has 10 nitrogen and oxygen atoms in total. The minimum atomic E-state index is -0.655. The molecule has 3 N–H and O–H groups in total. The van der Waals surface area contributed by atoms with Gasteiger partial charge >= 0.3 is 6.09 Å². The Balaban J connectivity index is 1.83. The molecule has 1 heterocycles. The van der Waals surface area contributed by atoms with Crippen LogP contribution in [0.3, 0.4) is 0 Å². The number of nitrogens with zero attached hydrogens (tertiary/aromatic N) is 4. The van der Waals surface area contributed by atoms with Gasteiger partial charge < -0.3 is 20.7 Å². The number of benzene rings is 1. The zero-order valence-electron chi connectivity index (χ0n) is 21.6. The first-order valence-corrected chi connectivity index (χ1v) is 11.6. The summed E-state index contributed by atoms with van der Waals surface area (Å²) in [6.07, 6.45) is 2.30. The van der Waals surface area contributed by atoms with Crippen molar-refractivity contribution in [2.75, 3.05) is 31.3 Å². The summed E-state index contributed by atoms with van der Waals surface area (Å²) in [4.78, 5) is 34.5. The number of anilines is 3. The largest absolute Gasteiger partial charge is 0.444 e. The Morgan fingerprint density at radius 3 is 2.53 bits per heavy atom. The van der Waals surface area contributed by atoms with Gasteiger partial charge in [-0.05, 0) is 58.4 Å². The molecule has 190 valence electrons. The molecule has 0 aliphatic heterocycles. The van der Waals surface area contributed by atoms with E-state index in [1.54, 1.807) is 65.2 Å². The van der Waals surface area contributed by atoms with Crippen LogP contribution >= 0.6 is 0 Å². The fourth-order valence-electron chi connectivity index (χ4n) is 2.84. The third kappa shape index (κ3) is 8.80. The van der Waals surface area contributed by atoms with Crippen molar-refractivity contribution < 1.29 is 14.3 Å². The van der Waals surface area contributed by atoms with E-state index < -0.39 is 17.7 Å². The summed E-state index contributed by atoms with van der Waals surface area (Å²) in [6, 6.07) is 8.41. The predicted octanol–water partition coefficient (Wildman–Crippen LogP) is 3.64. The number of rotatable bonds is 8. The molecule has 36 heavy (non-hydrogen) atoms. The van der Waals surface area contributed by atoms with Crippen molar-refractivity contribution in [3.05, 3.63) is 41.6 Å². The molecule has 0 saturated heterocycles. The summed E-state index contributed by atoms with van der Waals surface area (Å²) in [5, 5.41) is 17.8. The Morgan fingerprint density at radius 1 is 1.22 bits per heavy atom. The summed E-state index contributed by atoms with van der Waals surface area (Å²) >= 11 is 0. The van der Waals surface area contributed by atoms with Crippen LogP contribution in [0, 0.1) is 23.2 Å². The van der Waals surface area contributed by atoms with E-state index in [9.17, 15) is 9.59 Å². The zero-order chi connectivity index (χ0) is 26.7. The van der Waals surface area contributed by atoms with Gasteiger partial charge in [0.25, 0.3) is 0 Å². The van der Waals surface area contributed by atoms with Crippen molar-refractivity contribution in [2.24, 2.45) is 0 Å². The summed E-state index contributed by atoms with van der Waals surface area (Å²) in [7, 11) is 3.29. The lowest BCUT2D eigenvalue weighted by atomic mass is 10.2. The number of ether oxygens (including phenoxy) is 1. The Kier molecular flexibility index (Phi) is 10.1. The van der Waals surface area contributed by atoms with Crippen LogP contribution in [0.5, 0.6) is 0 Å². The van der Waals surface area contributed by atoms with Crippen LogP contribution in [0.4, 0.5) is 22.2 Å². The number of likely N-dealkylation sites (N-methyl/N-ethyl adjacent to an activating group) is 1. The molecule has 1 aromatic carbocycles. The van der Waals surface area contributed by atoms with Gasteiger partial charge in [-0.2, -0.15) is 10.2 Å². The maximum atomic E-state index is 12.3. The lowest BCUT2D eigenvalue weighted by Gasteiger charge is -2.28. The summed E-state index contributed by atoms with van der Waals surface area (Å²) in [6.45, 7) is 7.41. The predicted molar refractivity (Wildman–Crippen MR) is 139 cm³/mol. The van der Waals surface area contributed by atoms with E-state index in [1.165, 1.54) is 11.9 Å². The number of aromatic nitrogens is 2. The lowest BCUT2D eigenvalue weighted by molar-refractivity contribution is -0.125. The molecule has 10 heteroatoms. The van der Waals surface area contributed by atoms with Gasteiger partial charge in [0.15, 0.2) is 0 Å². The number of carbonyl (C=O) groups excluding carboxylic acids is 2. The second kappa shape index (κ2) is 13.0. The van der Waals surface area contributed by atoms with Crippen molar-refractivity contribution in [3.63, 3.8) is 0 Å². The number of amides is 2. The number of nitrogens with one attached hydrogen (secondary N) is 3. The van der Waals surface area contributed by atoms with Crippen LogP contribution < -0.4 is 16.0 Å². The Bertz CT molecular complexity index is 1160. The van der Waals surface area contributed by atoms with Gasteiger partial charge in [0, 0.05) is 32.7 Å². The third-order valence-corrected chi connectivity index (χ3v) is 4.94. The Morgan fingerprint density at radius 2 is 1.92 bits per heavy atom. The number of carbonyl (C=O) groups is 2. The number of unbranched alkanes of at least 4 members (excludes halogenated alkanes) is 1. The maximum Gasteiger partial charge on any atom is 0.410 e. The van der Waals surface area contributed by atoms with E-state index in [2.05, 4.69) is 43.8 Å². The van der Waals surface area contributed by atoms with Gasteiger partial charge in [-0.3, -0.25) is 9.69 Å². The van der Waals surface area contributed by atoms with Crippen molar-refractivity contribution in [2.45, 2.75) is 52.2 Å². The van der Waals surface area contributed by atoms with E-state index in [-0.39, 0.29) is 5.91 Å². The first kappa shape index (κ1) is 27.9. The molecule has 0 aliphatic carbocycles. The highest BCUT2D eigenvalue weighted by Crippen LogP contribution is 2.17. The molecule has 2 rings (SSSR count). The number of nitriles is 1. The molecule has 1 aromatic heterocycles. The molecule has 0 fully saturated rings. The van der Waals surface area contributed by atoms with Gasteiger partial charge in [0.1, 0.15) is 17.5 Å². The van der Waals surface area contributed by atoms with E-state index in [0.717, 1.165) is 5.69 Å². The average molecular weight is 492 g/mol. The highest BCUT2D eigenvalue weighted by molar-refractivity contribution is 5.85. The van der Waals surface area contributed by atoms with Gasteiger partial charge in [-0.1, -0.05) is 11.8 Å². The number of hydrogen-bond donors (Lipinski definition) is 3. The molecular formula is C26H33N7O3. The van der Waals surface area contributed by atoms with Crippen LogP contribution in [-0.4, -0.2) is 59.2 Å². The first-order chi connectivity index (χ1) is 17.0. The first-order valence-electron chi connectivity index (χ1n) is 11.6. The van der Waals surface area contributed by atoms with Crippen molar-refractivity contribution >= 4 is 29.5 Å². The van der Waals surface area contributed by atoms with Gasteiger partial charge in [-0.15, -0.1) is 0 Å². The molecule has 2 amide bonds. The quantitative estimate of drug-likeness (QED) is 0.377. The minimum Gasteiger partial charge on any atom is -0.444 e. The number of hydrogen-bond acceptors (Lipinski definition) is 8. The third-order valence-electron chi connectivity index (χ3n) is 4.94. The smallest absolute Gasteiger partial charge is 0.410 e. The van der Waals surface area contributed by atoms with Crippen LogP contribution in [0.25, 0.3) is 0 Å². The van der Waals surface area contributed by atoms with Gasteiger partial charge in [-0.25, -0.2) is 9.78 Å². The summed E-state index contributed by atoms with van der Waals surface area (Å²) < 4.78 is 5.29. The standard InChI is InChI=1S/C26H33N7O3/c1-18(33(6)25(35)36-26(2,3)4)23(34)29-15-9-7-8-10-20-17-30-24(32-22(20)28-5)31-21-13-11-19(16-27)12-14-21/h11-14,17-18H,7,9,15H2,1-6H3,(H,29,34)(H2,28,30,31,32)/t18-/m0/s1. The molecule has 0 spiro atoms.